The number of nitrogens with zero attached hydrogens (tertiary/aromatic N) is 1. The molecule has 0 aromatic heterocycles. The SMILES string of the molecule is CCCNCC(C)CN(CC)C(C)COC. The third kappa shape index (κ3) is 7.20. The van der Waals surface area contributed by atoms with Gasteiger partial charge in [-0.05, 0) is 38.9 Å². The Hall–Kier alpha value is -0.120. The Morgan fingerprint density at radius 1 is 1.25 bits per heavy atom. The standard InChI is InChI=1S/C13H30N2O/c1-6-8-14-9-12(3)10-15(7-2)13(4)11-16-5/h12-14H,6-11H2,1-5H3. The predicted octanol–water partition coefficient (Wildman–Crippen LogP) is 1.98. The molecule has 3 nitrogen and oxygen atoms in total. The van der Waals surface area contributed by atoms with Crippen LogP contribution in [0.25, 0.3) is 0 Å². The molecule has 0 rings (SSSR count). The fourth-order valence-corrected chi connectivity index (χ4v) is 1.96. The molecule has 16 heavy (non-hydrogen) atoms. The van der Waals surface area contributed by atoms with E-state index in [1.165, 1.54) is 6.42 Å². The largest absolute Gasteiger partial charge is 0.383 e. The third-order valence-corrected chi connectivity index (χ3v) is 2.90. The lowest BCUT2D eigenvalue weighted by atomic mass is 10.1. The maximum absolute atomic E-state index is 5.21. The van der Waals surface area contributed by atoms with E-state index in [4.69, 9.17) is 4.74 Å². The summed E-state index contributed by atoms with van der Waals surface area (Å²) in [4.78, 5) is 2.49. The first-order valence-electron chi connectivity index (χ1n) is 6.59. The molecule has 0 aromatic rings. The summed E-state index contributed by atoms with van der Waals surface area (Å²) >= 11 is 0. The van der Waals surface area contributed by atoms with Crippen molar-refractivity contribution in [2.45, 2.75) is 40.2 Å². The summed E-state index contributed by atoms with van der Waals surface area (Å²) in [6.07, 6.45) is 1.21. The van der Waals surface area contributed by atoms with Crippen molar-refractivity contribution in [1.29, 1.82) is 0 Å². The number of hydrogen-bond acceptors (Lipinski definition) is 3. The van der Waals surface area contributed by atoms with Gasteiger partial charge in [0.2, 0.25) is 0 Å². The summed E-state index contributed by atoms with van der Waals surface area (Å²) in [5.74, 6) is 0.700. The molecule has 1 N–H and O–H groups in total. The molecule has 0 fully saturated rings. The highest BCUT2D eigenvalue weighted by molar-refractivity contribution is 4.69. The Balaban J connectivity index is 3.81. The van der Waals surface area contributed by atoms with Crippen LogP contribution in [0.15, 0.2) is 0 Å². The molecule has 2 unspecified atom stereocenters. The van der Waals surface area contributed by atoms with Crippen LogP contribution >= 0.6 is 0 Å². The lowest BCUT2D eigenvalue weighted by Gasteiger charge is -2.30. The zero-order valence-corrected chi connectivity index (χ0v) is 11.8. The van der Waals surface area contributed by atoms with Crippen molar-refractivity contribution in [3.05, 3.63) is 0 Å². The highest BCUT2D eigenvalue weighted by atomic mass is 16.5. The van der Waals surface area contributed by atoms with Crippen LogP contribution < -0.4 is 5.32 Å². The Kier molecular flexibility index (Phi) is 9.99. The monoisotopic (exact) mass is 230 g/mol. The van der Waals surface area contributed by atoms with Gasteiger partial charge in [0.05, 0.1) is 6.61 Å². The number of hydrogen-bond donors (Lipinski definition) is 1. The van der Waals surface area contributed by atoms with Crippen LogP contribution in [0.5, 0.6) is 0 Å². The first kappa shape index (κ1) is 15.9. The zero-order chi connectivity index (χ0) is 12.4. The van der Waals surface area contributed by atoms with Gasteiger partial charge in [0, 0.05) is 19.7 Å². The van der Waals surface area contributed by atoms with Crippen LogP contribution in [0.3, 0.4) is 0 Å². The Morgan fingerprint density at radius 3 is 2.44 bits per heavy atom. The van der Waals surface area contributed by atoms with E-state index in [2.05, 4.69) is 37.9 Å². The van der Waals surface area contributed by atoms with Crippen molar-refractivity contribution in [3.63, 3.8) is 0 Å². The fraction of sp³-hybridized carbons (Fsp3) is 1.00. The quantitative estimate of drug-likeness (QED) is 0.581. The van der Waals surface area contributed by atoms with Crippen molar-refractivity contribution in [2.24, 2.45) is 5.92 Å². The molecule has 0 spiro atoms. The summed E-state index contributed by atoms with van der Waals surface area (Å²) in [5.41, 5.74) is 0. The molecule has 0 aliphatic rings. The van der Waals surface area contributed by atoms with Gasteiger partial charge in [0.15, 0.2) is 0 Å². The molecule has 0 aromatic carbocycles. The number of likely N-dealkylation sites (N-methyl/N-ethyl adjacent to an activating group) is 1. The van der Waals surface area contributed by atoms with Crippen LogP contribution in [0.4, 0.5) is 0 Å². The maximum Gasteiger partial charge on any atom is 0.0615 e. The van der Waals surface area contributed by atoms with Crippen LogP contribution in [-0.2, 0) is 4.74 Å². The van der Waals surface area contributed by atoms with Crippen LogP contribution in [0.2, 0.25) is 0 Å². The minimum atomic E-state index is 0.517. The van der Waals surface area contributed by atoms with Gasteiger partial charge in [-0.15, -0.1) is 0 Å². The van der Waals surface area contributed by atoms with Gasteiger partial charge < -0.3 is 10.1 Å². The maximum atomic E-state index is 5.21. The van der Waals surface area contributed by atoms with Crippen molar-refractivity contribution in [2.75, 3.05) is 39.9 Å². The molecular weight excluding hydrogens is 200 g/mol. The second-order valence-corrected chi connectivity index (χ2v) is 4.70. The van der Waals surface area contributed by atoms with Gasteiger partial charge >= 0.3 is 0 Å². The molecule has 0 amide bonds. The average molecular weight is 230 g/mol. The van der Waals surface area contributed by atoms with Gasteiger partial charge in [-0.2, -0.15) is 0 Å². The smallest absolute Gasteiger partial charge is 0.0615 e. The molecule has 3 heteroatoms. The van der Waals surface area contributed by atoms with Crippen molar-refractivity contribution in [3.8, 4) is 0 Å². The first-order chi connectivity index (χ1) is 7.65. The molecule has 0 saturated carbocycles. The van der Waals surface area contributed by atoms with Gasteiger partial charge in [0.1, 0.15) is 0 Å². The minimum Gasteiger partial charge on any atom is -0.383 e. The molecular formula is C13H30N2O. The molecule has 0 radical (unpaired) electrons. The van der Waals surface area contributed by atoms with E-state index in [1.807, 2.05) is 0 Å². The van der Waals surface area contributed by atoms with Gasteiger partial charge in [0.25, 0.3) is 0 Å². The Morgan fingerprint density at radius 2 is 1.94 bits per heavy atom. The van der Waals surface area contributed by atoms with E-state index in [0.29, 0.717) is 12.0 Å². The van der Waals surface area contributed by atoms with Crippen molar-refractivity contribution < 1.29 is 4.74 Å². The average Bonchev–Trinajstić information content (AvgIpc) is 2.26. The van der Waals surface area contributed by atoms with E-state index >= 15 is 0 Å². The van der Waals surface area contributed by atoms with E-state index in [0.717, 1.165) is 32.8 Å². The summed E-state index contributed by atoms with van der Waals surface area (Å²) < 4.78 is 5.21. The van der Waals surface area contributed by atoms with Gasteiger partial charge in [-0.25, -0.2) is 0 Å². The summed E-state index contributed by atoms with van der Waals surface area (Å²) in [7, 11) is 1.77. The van der Waals surface area contributed by atoms with E-state index in [9.17, 15) is 0 Å². The fourth-order valence-electron chi connectivity index (χ4n) is 1.96. The second kappa shape index (κ2) is 10.1. The van der Waals surface area contributed by atoms with Crippen LogP contribution in [0.1, 0.15) is 34.1 Å². The molecule has 0 heterocycles. The second-order valence-electron chi connectivity index (χ2n) is 4.70. The molecule has 2 atom stereocenters. The molecule has 0 aliphatic carbocycles. The number of nitrogens with one attached hydrogen (secondary N) is 1. The van der Waals surface area contributed by atoms with Crippen molar-refractivity contribution >= 4 is 0 Å². The van der Waals surface area contributed by atoms with Gasteiger partial charge in [-0.3, -0.25) is 4.90 Å². The number of methoxy groups -OCH3 is 1. The first-order valence-corrected chi connectivity index (χ1v) is 6.59. The number of rotatable bonds is 10. The minimum absolute atomic E-state index is 0.517. The molecule has 98 valence electrons. The highest BCUT2D eigenvalue weighted by Gasteiger charge is 2.14. The highest BCUT2D eigenvalue weighted by Crippen LogP contribution is 2.04. The lowest BCUT2D eigenvalue weighted by molar-refractivity contribution is 0.0932. The van der Waals surface area contributed by atoms with E-state index in [1.54, 1.807) is 7.11 Å². The normalized spacial score (nSPS) is 15.4. The predicted molar refractivity (Wildman–Crippen MR) is 70.9 cm³/mol. The number of ether oxygens (including phenoxy) is 1. The molecule has 0 bridgehead atoms. The van der Waals surface area contributed by atoms with E-state index in [-0.39, 0.29) is 0 Å². The summed E-state index contributed by atoms with van der Waals surface area (Å²) in [6, 6.07) is 0.517. The molecule has 0 saturated heterocycles. The van der Waals surface area contributed by atoms with Crippen molar-refractivity contribution in [1.82, 2.24) is 10.2 Å². The topological polar surface area (TPSA) is 24.5 Å². The molecule has 0 aliphatic heterocycles. The third-order valence-electron chi connectivity index (χ3n) is 2.90. The zero-order valence-electron chi connectivity index (χ0n) is 11.8. The van der Waals surface area contributed by atoms with Crippen LogP contribution in [-0.4, -0.2) is 50.8 Å². The lowest BCUT2D eigenvalue weighted by Crippen LogP contribution is -2.41. The van der Waals surface area contributed by atoms with E-state index < -0.39 is 0 Å². The summed E-state index contributed by atoms with van der Waals surface area (Å²) in [5, 5.41) is 3.48. The Labute approximate surface area is 102 Å². The Bertz CT molecular complexity index is 153. The summed E-state index contributed by atoms with van der Waals surface area (Å²) in [6.45, 7) is 14.3. The van der Waals surface area contributed by atoms with Crippen LogP contribution in [0, 0.1) is 5.92 Å². The van der Waals surface area contributed by atoms with Gasteiger partial charge in [-0.1, -0.05) is 20.8 Å².